The van der Waals surface area contributed by atoms with Crippen molar-refractivity contribution in [2.24, 2.45) is 10.9 Å². The standard InChI is InChI=1S/C13H21N3O2/c1-3-16(8-5-9-17)12-10(2)6-4-7-11(12)13(14)15-18/h4,6-7,17-18H,3,5,8-9H2,1-2H3,(H2,14,15). The number of hydrogen-bond donors (Lipinski definition) is 3. The molecular formula is C13H21N3O2. The van der Waals surface area contributed by atoms with Crippen LogP contribution in [-0.4, -0.2) is 35.8 Å². The third-order valence-corrected chi connectivity index (χ3v) is 2.91. The minimum Gasteiger partial charge on any atom is -0.409 e. The van der Waals surface area contributed by atoms with E-state index in [-0.39, 0.29) is 12.4 Å². The van der Waals surface area contributed by atoms with Crippen LogP contribution >= 0.6 is 0 Å². The lowest BCUT2D eigenvalue weighted by atomic mass is 10.1. The average molecular weight is 251 g/mol. The average Bonchev–Trinajstić information content (AvgIpc) is 2.40. The van der Waals surface area contributed by atoms with Crippen LogP contribution < -0.4 is 10.6 Å². The summed E-state index contributed by atoms with van der Waals surface area (Å²) in [6.45, 7) is 5.73. The Labute approximate surface area is 108 Å². The van der Waals surface area contributed by atoms with Crippen LogP contribution in [0.4, 0.5) is 5.69 Å². The molecule has 0 aliphatic heterocycles. The van der Waals surface area contributed by atoms with E-state index in [4.69, 9.17) is 16.0 Å². The number of aliphatic hydroxyl groups is 1. The predicted molar refractivity (Wildman–Crippen MR) is 73.3 cm³/mol. The Hall–Kier alpha value is -1.75. The topological polar surface area (TPSA) is 82.1 Å². The molecule has 4 N–H and O–H groups in total. The van der Waals surface area contributed by atoms with Crippen molar-refractivity contribution in [2.45, 2.75) is 20.3 Å². The van der Waals surface area contributed by atoms with E-state index in [2.05, 4.69) is 10.1 Å². The van der Waals surface area contributed by atoms with Crippen molar-refractivity contribution < 1.29 is 10.3 Å². The van der Waals surface area contributed by atoms with E-state index in [0.717, 1.165) is 29.9 Å². The van der Waals surface area contributed by atoms with Crippen LogP contribution in [0.15, 0.2) is 23.4 Å². The summed E-state index contributed by atoms with van der Waals surface area (Å²) >= 11 is 0. The summed E-state index contributed by atoms with van der Waals surface area (Å²) in [5.41, 5.74) is 8.46. The van der Waals surface area contributed by atoms with Crippen molar-refractivity contribution in [3.8, 4) is 0 Å². The molecule has 0 aromatic heterocycles. The highest BCUT2D eigenvalue weighted by atomic mass is 16.4. The van der Waals surface area contributed by atoms with Crippen LogP contribution in [0.2, 0.25) is 0 Å². The minimum atomic E-state index is 0.108. The van der Waals surface area contributed by atoms with Gasteiger partial charge in [-0.1, -0.05) is 17.3 Å². The molecule has 5 heteroatoms. The first-order chi connectivity index (χ1) is 8.65. The molecular weight excluding hydrogens is 230 g/mol. The minimum absolute atomic E-state index is 0.108. The van der Waals surface area contributed by atoms with E-state index in [1.807, 2.05) is 32.0 Å². The number of anilines is 1. The summed E-state index contributed by atoms with van der Waals surface area (Å²) in [4.78, 5) is 2.12. The molecule has 1 aromatic rings. The Morgan fingerprint density at radius 3 is 2.72 bits per heavy atom. The lowest BCUT2D eigenvalue weighted by Gasteiger charge is -2.27. The largest absolute Gasteiger partial charge is 0.409 e. The fourth-order valence-electron chi connectivity index (χ4n) is 2.03. The van der Waals surface area contributed by atoms with Gasteiger partial charge in [0.15, 0.2) is 5.84 Å². The number of amidine groups is 1. The van der Waals surface area contributed by atoms with Crippen molar-refractivity contribution in [3.05, 3.63) is 29.3 Å². The van der Waals surface area contributed by atoms with Gasteiger partial charge < -0.3 is 20.9 Å². The van der Waals surface area contributed by atoms with Crippen LogP contribution in [0, 0.1) is 6.92 Å². The van der Waals surface area contributed by atoms with E-state index >= 15 is 0 Å². The Balaban J connectivity index is 3.18. The Morgan fingerprint density at radius 1 is 1.44 bits per heavy atom. The second kappa shape index (κ2) is 6.86. The summed E-state index contributed by atoms with van der Waals surface area (Å²) in [7, 11) is 0. The number of benzene rings is 1. The maximum Gasteiger partial charge on any atom is 0.172 e. The number of rotatable bonds is 6. The monoisotopic (exact) mass is 251 g/mol. The van der Waals surface area contributed by atoms with E-state index < -0.39 is 0 Å². The van der Waals surface area contributed by atoms with Crippen molar-refractivity contribution >= 4 is 11.5 Å². The number of para-hydroxylation sites is 1. The normalized spacial score (nSPS) is 11.6. The van der Waals surface area contributed by atoms with Crippen LogP contribution in [0.25, 0.3) is 0 Å². The van der Waals surface area contributed by atoms with Gasteiger partial charge in [-0.15, -0.1) is 0 Å². The molecule has 0 unspecified atom stereocenters. The van der Waals surface area contributed by atoms with E-state index in [9.17, 15) is 0 Å². The lowest BCUT2D eigenvalue weighted by Crippen LogP contribution is -2.29. The summed E-state index contributed by atoms with van der Waals surface area (Å²) in [5.74, 6) is 0.108. The molecule has 1 aromatic carbocycles. The molecule has 0 amide bonds. The first-order valence-electron chi connectivity index (χ1n) is 6.09. The van der Waals surface area contributed by atoms with Gasteiger partial charge in [0.2, 0.25) is 0 Å². The maximum absolute atomic E-state index is 8.94. The molecule has 0 aliphatic carbocycles. The molecule has 0 radical (unpaired) electrons. The van der Waals surface area contributed by atoms with Crippen LogP contribution in [0.5, 0.6) is 0 Å². The van der Waals surface area contributed by atoms with E-state index in [1.165, 1.54) is 0 Å². The van der Waals surface area contributed by atoms with Gasteiger partial charge in [-0.2, -0.15) is 0 Å². The number of hydrogen-bond acceptors (Lipinski definition) is 4. The van der Waals surface area contributed by atoms with Crippen LogP contribution in [-0.2, 0) is 0 Å². The van der Waals surface area contributed by atoms with Gasteiger partial charge in [0.05, 0.1) is 5.69 Å². The Kier molecular flexibility index (Phi) is 5.45. The Bertz CT molecular complexity index is 419. The van der Waals surface area contributed by atoms with Gasteiger partial charge in [-0.05, 0) is 31.9 Å². The molecule has 0 saturated heterocycles. The van der Waals surface area contributed by atoms with Crippen molar-refractivity contribution in [1.29, 1.82) is 0 Å². The SMILES string of the molecule is CCN(CCCO)c1c(C)cccc1/C(N)=N/O. The second-order valence-electron chi connectivity index (χ2n) is 4.11. The van der Waals surface area contributed by atoms with E-state index in [0.29, 0.717) is 6.42 Å². The number of aliphatic hydroxyl groups excluding tert-OH is 1. The number of aryl methyl sites for hydroxylation is 1. The quantitative estimate of drug-likeness (QED) is 0.308. The summed E-state index contributed by atoms with van der Waals surface area (Å²) in [6.07, 6.45) is 0.692. The molecule has 18 heavy (non-hydrogen) atoms. The predicted octanol–water partition coefficient (Wildman–Crippen LogP) is 1.30. The van der Waals surface area contributed by atoms with Crippen LogP contribution in [0.1, 0.15) is 24.5 Å². The zero-order valence-corrected chi connectivity index (χ0v) is 10.9. The maximum atomic E-state index is 8.94. The molecule has 0 fully saturated rings. The van der Waals surface area contributed by atoms with E-state index in [1.54, 1.807) is 0 Å². The second-order valence-corrected chi connectivity index (χ2v) is 4.11. The lowest BCUT2D eigenvalue weighted by molar-refractivity contribution is 0.289. The summed E-state index contributed by atoms with van der Waals surface area (Å²) < 4.78 is 0. The number of nitrogens with zero attached hydrogens (tertiary/aromatic N) is 2. The van der Waals surface area contributed by atoms with Gasteiger partial charge in [-0.25, -0.2) is 0 Å². The molecule has 0 atom stereocenters. The molecule has 100 valence electrons. The third-order valence-electron chi connectivity index (χ3n) is 2.91. The van der Waals surface area contributed by atoms with Gasteiger partial charge in [0.25, 0.3) is 0 Å². The highest BCUT2D eigenvalue weighted by Crippen LogP contribution is 2.25. The molecule has 5 nitrogen and oxygen atoms in total. The van der Waals surface area contributed by atoms with Crippen molar-refractivity contribution in [2.75, 3.05) is 24.6 Å². The third kappa shape index (κ3) is 3.13. The van der Waals surface area contributed by atoms with Crippen molar-refractivity contribution in [1.82, 2.24) is 0 Å². The first kappa shape index (κ1) is 14.3. The molecule has 0 aliphatic rings. The van der Waals surface area contributed by atoms with Gasteiger partial charge >= 0.3 is 0 Å². The highest BCUT2D eigenvalue weighted by molar-refractivity contribution is 6.02. The fraction of sp³-hybridized carbons (Fsp3) is 0.462. The number of oxime groups is 1. The number of nitrogens with two attached hydrogens (primary N) is 1. The molecule has 1 rings (SSSR count). The van der Waals surface area contributed by atoms with Gasteiger partial charge in [0.1, 0.15) is 0 Å². The molecule has 0 spiro atoms. The highest BCUT2D eigenvalue weighted by Gasteiger charge is 2.14. The van der Waals surface area contributed by atoms with Gasteiger partial charge in [0, 0.05) is 25.3 Å². The first-order valence-corrected chi connectivity index (χ1v) is 6.09. The molecule has 0 saturated carbocycles. The van der Waals surface area contributed by atoms with Gasteiger partial charge in [-0.3, -0.25) is 0 Å². The van der Waals surface area contributed by atoms with Crippen LogP contribution in [0.3, 0.4) is 0 Å². The Morgan fingerprint density at radius 2 is 2.17 bits per heavy atom. The molecule has 0 heterocycles. The van der Waals surface area contributed by atoms with Crippen molar-refractivity contribution in [3.63, 3.8) is 0 Å². The summed E-state index contributed by atoms with van der Waals surface area (Å²) in [6, 6.07) is 5.70. The summed E-state index contributed by atoms with van der Waals surface area (Å²) in [5, 5.41) is 20.9. The zero-order chi connectivity index (χ0) is 13.5. The molecule has 0 bridgehead atoms. The smallest absolute Gasteiger partial charge is 0.172 e. The zero-order valence-electron chi connectivity index (χ0n) is 10.9. The fourth-order valence-corrected chi connectivity index (χ4v) is 2.03.